The summed E-state index contributed by atoms with van der Waals surface area (Å²) in [5.74, 6) is 6.23. The molecule has 0 aromatic carbocycles. The second-order valence-electron chi connectivity index (χ2n) is 14.1. The number of hydrogen-bond acceptors (Lipinski definition) is 0. The van der Waals surface area contributed by atoms with Gasteiger partial charge in [0.05, 0.1) is 0 Å². The van der Waals surface area contributed by atoms with Crippen LogP contribution in [0.15, 0.2) is 0 Å². The Balaban J connectivity index is 2.38. The Morgan fingerprint density at radius 2 is 1.41 bits per heavy atom. The molecule has 1 fully saturated rings. The first-order chi connectivity index (χ1) is 14.8. The van der Waals surface area contributed by atoms with Crippen molar-refractivity contribution in [1.82, 2.24) is 0 Å². The molecule has 0 nitrogen and oxygen atoms in total. The second-order valence-corrected chi connectivity index (χ2v) is 14.1. The minimum Gasteiger partial charge on any atom is -0.0649 e. The highest BCUT2D eigenvalue weighted by atomic mass is 14.5. The normalized spacial score (nSPS) is 28.3. The van der Waals surface area contributed by atoms with Crippen molar-refractivity contribution < 1.29 is 0 Å². The molecule has 0 aromatic heterocycles. The van der Waals surface area contributed by atoms with Gasteiger partial charge in [0.15, 0.2) is 0 Å². The van der Waals surface area contributed by atoms with E-state index in [9.17, 15) is 0 Å². The van der Waals surface area contributed by atoms with Crippen molar-refractivity contribution in [2.24, 2.45) is 52.3 Å². The standard InChI is InChI=1S/C32H64/c1-12-32(11,23-21-30-28(7)18-19-29(8)31(30,9)10)22-20-26(5)15-13-14-25(4)16-17-27(6)24(2)3/h24-30H,12-23H2,1-11H3. The van der Waals surface area contributed by atoms with E-state index in [1.165, 1.54) is 77.0 Å². The van der Waals surface area contributed by atoms with Crippen LogP contribution in [0, 0.1) is 52.3 Å². The van der Waals surface area contributed by atoms with Gasteiger partial charge in [-0.15, -0.1) is 0 Å². The highest BCUT2D eigenvalue weighted by Gasteiger charge is 2.41. The van der Waals surface area contributed by atoms with Gasteiger partial charge in [-0.3, -0.25) is 0 Å². The van der Waals surface area contributed by atoms with Crippen LogP contribution in [0.3, 0.4) is 0 Å². The van der Waals surface area contributed by atoms with Crippen LogP contribution in [0.5, 0.6) is 0 Å². The fraction of sp³-hybridized carbons (Fsp3) is 1.00. The third-order valence-electron chi connectivity index (χ3n) is 10.8. The largest absolute Gasteiger partial charge is 0.0649 e. The number of hydrogen-bond donors (Lipinski definition) is 0. The average Bonchev–Trinajstić information content (AvgIpc) is 2.73. The predicted molar refractivity (Wildman–Crippen MR) is 147 cm³/mol. The number of rotatable bonds is 15. The summed E-state index contributed by atoms with van der Waals surface area (Å²) in [7, 11) is 0. The summed E-state index contributed by atoms with van der Waals surface area (Å²) in [4.78, 5) is 0. The van der Waals surface area contributed by atoms with Gasteiger partial charge in [-0.25, -0.2) is 0 Å². The van der Waals surface area contributed by atoms with Crippen LogP contribution in [0.4, 0.5) is 0 Å². The van der Waals surface area contributed by atoms with Gasteiger partial charge < -0.3 is 0 Å². The Morgan fingerprint density at radius 3 is 1.97 bits per heavy atom. The molecule has 0 spiro atoms. The third-order valence-corrected chi connectivity index (χ3v) is 10.8. The molecule has 0 amide bonds. The molecule has 0 heteroatoms. The summed E-state index contributed by atoms with van der Waals surface area (Å²) in [6.45, 7) is 27.4. The Kier molecular flexibility index (Phi) is 12.9. The van der Waals surface area contributed by atoms with Gasteiger partial charge >= 0.3 is 0 Å². The van der Waals surface area contributed by atoms with E-state index in [2.05, 4.69) is 76.2 Å². The molecule has 0 aromatic rings. The molecule has 0 bridgehead atoms. The Hall–Kier alpha value is 0. The molecule has 0 N–H and O–H groups in total. The van der Waals surface area contributed by atoms with Crippen LogP contribution in [-0.2, 0) is 0 Å². The molecule has 1 aliphatic rings. The fourth-order valence-electron chi connectivity index (χ4n) is 6.40. The summed E-state index contributed by atoms with van der Waals surface area (Å²) in [6.07, 6.45) is 17.1. The maximum Gasteiger partial charge on any atom is -0.0298 e. The lowest BCUT2D eigenvalue weighted by Gasteiger charge is -2.48. The molecular weight excluding hydrogens is 384 g/mol. The maximum absolute atomic E-state index is 2.60. The lowest BCUT2D eigenvalue weighted by Crippen LogP contribution is -2.40. The molecular formula is C32H64. The van der Waals surface area contributed by atoms with E-state index in [0.717, 1.165) is 41.4 Å². The first kappa shape index (κ1) is 30.0. The zero-order valence-corrected chi connectivity index (χ0v) is 24.5. The van der Waals surface area contributed by atoms with Crippen LogP contribution < -0.4 is 0 Å². The Morgan fingerprint density at radius 1 is 0.812 bits per heavy atom. The molecule has 1 saturated carbocycles. The summed E-state index contributed by atoms with van der Waals surface area (Å²) >= 11 is 0. The SMILES string of the molecule is CCC(C)(CCC(C)CCCC(C)CCC(C)C(C)C)CCC1C(C)CCC(C)C1(C)C. The van der Waals surface area contributed by atoms with Crippen molar-refractivity contribution in [2.75, 3.05) is 0 Å². The summed E-state index contributed by atoms with van der Waals surface area (Å²) in [5, 5.41) is 0. The molecule has 0 heterocycles. The quantitative estimate of drug-likeness (QED) is 0.233. The molecule has 0 radical (unpaired) electrons. The predicted octanol–water partition coefficient (Wildman–Crippen LogP) is 11.2. The van der Waals surface area contributed by atoms with Gasteiger partial charge in [0, 0.05) is 0 Å². The van der Waals surface area contributed by atoms with Crippen LogP contribution in [0.25, 0.3) is 0 Å². The van der Waals surface area contributed by atoms with Gasteiger partial charge in [-0.2, -0.15) is 0 Å². The first-order valence-electron chi connectivity index (χ1n) is 14.8. The highest BCUT2D eigenvalue weighted by Crippen LogP contribution is 2.51. The van der Waals surface area contributed by atoms with E-state index in [0.29, 0.717) is 10.8 Å². The van der Waals surface area contributed by atoms with Crippen molar-refractivity contribution in [3.63, 3.8) is 0 Å². The minimum atomic E-state index is 0.517. The Labute approximate surface area is 205 Å². The van der Waals surface area contributed by atoms with Crippen molar-refractivity contribution in [2.45, 2.75) is 153 Å². The van der Waals surface area contributed by atoms with Crippen molar-refractivity contribution in [3.05, 3.63) is 0 Å². The summed E-state index contributed by atoms with van der Waals surface area (Å²) < 4.78 is 0. The smallest absolute Gasteiger partial charge is 0.0298 e. The van der Waals surface area contributed by atoms with Gasteiger partial charge in [-0.1, -0.05) is 128 Å². The molecule has 0 saturated heterocycles. The van der Waals surface area contributed by atoms with E-state index < -0.39 is 0 Å². The third kappa shape index (κ3) is 9.70. The van der Waals surface area contributed by atoms with E-state index in [4.69, 9.17) is 0 Å². The Bertz CT molecular complexity index is 488. The van der Waals surface area contributed by atoms with E-state index in [1.54, 1.807) is 0 Å². The van der Waals surface area contributed by atoms with Gasteiger partial charge in [-0.05, 0) is 77.9 Å². The average molecular weight is 449 g/mol. The van der Waals surface area contributed by atoms with Gasteiger partial charge in [0.1, 0.15) is 0 Å². The van der Waals surface area contributed by atoms with E-state index >= 15 is 0 Å². The monoisotopic (exact) mass is 449 g/mol. The highest BCUT2D eigenvalue weighted by molar-refractivity contribution is 4.91. The van der Waals surface area contributed by atoms with E-state index in [-0.39, 0.29) is 0 Å². The minimum absolute atomic E-state index is 0.517. The van der Waals surface area contributed by atoms with Crippen LogP contribution in [-0.4, -0.2) is 0 Å². The summed E-state index contributed by atoms with van der Waals surface area (Å²) in [5.41, 5.74) is 1.06. The lowest BCUT2D eigenvalue weighted by atomic mass is 9.57. The van der Waals surface area contributed by atoms with Gasteiger partial charge in [0.25, 0.3) is 0 Å². The van der Waals surface area contributed by atoms with Crippen LogP contribution in [0.1, 0.15) is 153 Å². The van der Waals surface area contributed by atoms with Crippen molar-refractivity contribution in [3.8, 4) is 0 Å². The molecule has 32 heavy (non-hydrogen) atoms. The lowest BCUT2D eigenvalue weighted by molar-refractivity contribution is 0.0125. The first-order valence-corrected chi connectivity index (χ1v) is 14.8. The second kappa shape index (κ2) is 13.8. The zero-order chi connectivity index (χ0) is 24.5. The molecule has 1 aliphatic carbocycles. The van der Waals surface area contributed by atoms with Crippen LogP contribution in [0.2, 0.25) is 0 Å². The van der Waals surface area contributed by atoms with Crippen molar-refractivity contribution >= 4 is 0 Å². The summed E-state index contributed by atoms with van der Waals surface area (Å²) in [6, 6.07) is 0. The van der Waals surface area contributed by atoms with Crippen LogP contribution >= 0.6 is 0 Å². The molecule has 7 atom stereocenters. The fourth-order valence-corrected chi connectivity index (χ4v) is 6.40. The topological polar surface area (TPSA) is 0 Å². The van der Waals surface area contributed by atoms with Gasteiger partial charge in [0.2, 0.25) is 0 Å². The maximum atomic E-state index is 2.60. The molecule has 0 aliphatic heterocycles. The van der Waals surface area contributed by atoms with Crippen molar-refractivity contribution in [1.29, 1.82) is 0 Å². The molecule has 1 rings (SSSR count). The molecule has 192 valence electrons. The molecule has 7 unspecified atom stereocenters. The zero-order valence-electron chi connectivity index (χ0n) is 24.5. The van der Waals surface area contributed by atoms with E-state index in [1.807, 2.05) is 0 Å².